The predicted molar refractivity (Wildman–Crippen MR) is 147 cm³/mol. The normalized spacial score (nSPS) is 10.6. The van der Waals surface area contributed by atoms with Crippen LogP contribution in [0.2, 0.25) is 0 Å². The lowest BCUT2D eigenvalue weighted by molar-refractivity contribution is 0.102. The number of anilines is 5. The topological polar surface area (TPSA) is 101 Å². The van der Waals surface area contributed by atoms with Gasteiger partial charge < -0.3 is 20.7 Å². The Labute approximate surface area is 214 Å². The highest BCUT2D eigenvalue weighted by Gasteiger charge is 2.17. The Morgan fingerprint density at radius 3 is 2.32 bits per heavy atom. The fourth-order valence-corrected chi connectivity index (χ4v) is 3.97. The van der Waals surface area contributed by atoms with Gasteiger partial charge in [-0.15, -0.1) is 0 Å². The summed E-state index contributed by atoms with van der Waals surface area (Å²) in [5, 5.41) is 11.3. The molecule has 2 heterocycles. The summed E-state index contributed by atoms with van der Waals surface area (Å²) in [4.78, 5) is 26.1. The lowest BCUT2D eigenvalue weighted by Gasteiger charge is -2.14. The van der Waals surface area contributed by atoms with Gasteiger partial charge in [0.2, 0.25) is 0 Å². The molecule has 0 aliphatic carbocycles. The summed E-state index contributed by atoms with van der Waals surface area (Å²) in [6.07, 6.45) is 3.23. The highest BCUT2D eigenvalue weighted by Crippen LogP contribution is 2.29. The summed E-state index contributed by atoms with van der Waals surface area (Å²) in [5.74, 6) is 2.30. The molecule has 0 bridgehead atoms. The summed E-state index contributed by atoms with van der Waals surface area (Å²) >= 11 is 0. The highest BCUT2D eigenvalue weighted by molar-refractivity contribution is 6.15. The molecule has 0 aliphatic rings. The Morgan fingerprint density at radius 1 is 0.811 bits per heavy atom. The molecule has 0 atom stereocenters. The van der Waals surface area contributed by atoms with Gasteiger partial charge in [-0.3, -0.25) is 4.79 Å². The number of carbonyl (C=O) groups excluding carboxylic acids is 1. The number of hydrogen-bond acceptors (Lipinski definition) is 7. The zero-order valence-electron chi connectivity index (χ0n) is 20.5. The molecule has 8 heteroatoms. The second-order valence-electron chi connectivity index (χ2n) is 8.38. The van der Waals surface area contributed by atoms with Crippen molar-refractivity contribution in [3.63, 3.8) is 0 Å². The van der Waals surface area contributed by atoms with Crippen LogP contribution in [0.1, 0.15) is 22.8 Å². The maximum Gasteiger partial charge on any atom is 0.260 e. The van der Waals surface area contributed by atoms with E-state index in [1.54, 1.807) is 12.3 Å². The highest BCUT2D eigenvalue weighted by atomic mass is 16.5. The number of benzene rings is 3. The van der Waals surface area contributed by atoms with Gasteiger partial charge >= 0.3 is 0 Å². The number of ether oxygens (including phenoxy) is 1. The average Bonchev–Trinajstić information content (AvgIpc) is 2.90. The molecule has 8 nitrogen and oxygen atoms in total. The van der Waals surface area contributed by atoms with Crippen LogP contribution in [0, 0.1) is 6.92 Å². The van der Waals surface area contributed by atoms with Crippen molar-refractivity contribution in [3.05, 3.63) is 103 Å². The summed E-state index contributed by atoms with van der Waals surface area (Å²) < 4.78 is 5.75. The number of fused-ring (bicyclic) bond motifs is 1. The van der Waals surface area contributed by atoms with Crippen LogP contribution >= 0.6 is 0 Å². The van der Waals surface area contributed by atoms with Gasteiger partial charge in [0.25, 0.3) is 5.91 Å². The molecule has 184 valence electrons. The lowest BCUT2D eigenvalue weighted by atomic mass is 10.0. The Morgan fingerprint density at radius 2 is 1.54 bits per heavy atom. The Bertz CT molecular complexity index is 1550. The van der Waals surface area contributed by atoms with E-state index in [4.69, 9.17) is 4.74 Å². The number of amides is 1. The van der Waals surface area contributed by atoms with Gasteiger partial charge in [0.1, 0.15) is 29.5 Å². The zero-order chi connectivity index (χ0) is 25.6. The third-order valence-electron chi connectivity index (χ3n) is 5.67. The third-order valence-corrected chi connectivity index (χ3v) is 5.67. The molecule has 1 amide bonds. The van der Waals surface area contributed by atoms with E-state index in [-0.39, 0.29) is 5.91 Å². The first kappa shape index (κ1) is 23.7. The molecule has 5 rings (SSSR count). The van der Waals surface area contributed by atoms with Crippen molar-refractivity contribution in [3.8, 4) is 5.75 Å². The maximum absolute atomic E-state index is 13.3. The van der Waals surface area contributed by atoms with Crippen LogP contribution in [-0.2, 0) is 0 Å². The van der Waals surface area contributed by atoms with E-state index in [0.717, 1.165) is 22.0 Å². The van der Waals surface area contributed by atoms with Gasteiger partial charge in [0.05, 0.1) is 12.2 Å². The molecule has 0 unspecified atom stereocenters. The minimum atomic E-state index is -0.225. The van der Waals surface area contributed by atoms with Gasteiger partial charge in [-0.05, 0) is 72.6 Å². The second-order valence-corrected chi connectivity index (χ2v) is 8.38. The number of aromatic nitrogens is 3. The van der Waals surface area contributed by atoms with Crippen LogP contribution in [0.25, 0.3) is 10.8 Å². The predicted octanol–water partition coefficient (Wildman–Crippen LogP) is 6.47. The van der Waals surface area contributed by atoms with Crippen molar-refractivity contribution in [1.29, 1.82) is 0 Å². The molecular formula is C29H26N6O2. The van der Waals surface area contributed by atoms with E-state index >= 15 is 0 Å². The van der Waals surface area contributed by atoms with E-state index < -0.39 is 0 Å². The number of carbonyl (C=O) groups is 1. The minimum Gasteiger partial charge on any atom is -0.493 e. The van der Waals surface area contributed by atoms with Gasteiger partial charge in [-0.25, -0.2) is 15.0 Å². The molecule has 0 saturated carbocycles. The first-order chi connectivity index (χ1) is 18.1. The van der Waals surface area contributed by atoms with Gasteiger partial charge in [-0.2, -0.15) is 0 Å². The number of pyridine rings is 1. The Hall–Kier alpha value is -4.98. The molecule has 2 aromatic heterocycles. The van der Waals surface area contributed by atoms with E-state index in [1.807, 2.05) is 86.6 Å². The molecule has 0 spiro atoms. The van der Waals surface area contributed by atoms with E-state index in [1.165, 1.54) is 6.33 Å². The molecule has 3 aromatic carbocycles. The Kier molecular flexibility index (Phi) is 6.89. The van der Waals surface area contributed by atoms with E-state index in [9.17, 15) is 4.79 Å². The van der Waals surface area contributed by atoms with Crippen molar-refractivity contribution in [1.82, 2.24) is 15.0 Å². The standard InChI is InChI=1S/C29H26N6O2/c1-3-37-24-13-8-20-6-4-5-7-23(20)28(24)29(36)34-22-11-9-21(10-12-22)33-26-17-27(32-18-31-26)35-25-16-19(2)14-15-30-25/h4-18H,3H2,1-2H3,(H,34,36)(H2,30,31,32,33,35). The monoisotopic (exact) mass is 490 g/mol. The number of hydrogen-bond donors (Lipinski definition) is 3. The smallest absolute Gasteiger partial charge is 0.260 e. The molecule has 0 radical (unpaired) electrons. The Balaban J connectivity index is 1.29. The van der Waals surface area contributed by atoms with Crippen LogP contribution < -0.4 is 20.7 Å². The summed E-state index contributed by atoms with van der Waals surface area (Å²) in [6, 6.07) is 24.7. The van der Waals surface area contributed by atoms with Crippen molar-refractivity contribution in [2.24, 2.45) is 0 Å². The molecule has 5 aromatic rings. The fourth-order valence-electron chi connectivity index (χ4n) is 3.97. The van der Waals surface area contributed by atoms with Crippen LogP contribution in [0.15, 0.2) is 91.4 Å². The van der Waals surface area contributed by atoms with Crippen molar-refractivity contribution in [2.45, 2.75) is 13.8 Å². The molecule has 37 heavy (non-hydrogen) atoms. The number of rotatable bonds is 8. The lowest BCUT2D eigenvalue weighted by Crippen LogP contribution is -2.14. The zero-order valence-corrected chi connectivity index (χ0v) is 20.5. The molecular weight excluding hydrogens is 464 g/mol. The second kappa shape index (κ2) is 10.7. The molecule has 0 saturated heterocycles. The average molecular weight is 491 g/mol. The largest absolute Gasteiger partial charge is 0.493 e. The summed E-state index contributed by atoms with van der Waals surface area (Å²) in [7, 11) is 0. The molecule has 0 aliphatic heterocycles. The van der Waals surface area contributed by atoms with Crippen molar-refractivity contribution < 1.29 is 9.53 Å². The number of nitrogens with zero attached hydrogens (tertiary/aromatic N) is 3. The van der Waals surface area contributed by atoms with E-state index in [0.29, 0.717) is 41.1 Å². The molecule has 3 N–H and O–H groups in total. The van der Waals surface area contributed by atoms with Crippen LogP contribution in [0.3, 0.4) is 0 Å². The van der Waals surface area contributed by atoms with Gasteiger partial charge in [0, 0.05) is 23.6 Å². The van der Waals surface area contributed by atoms with Gasteiger partial charge in [-0.1, -0.05) is 30.3 Å². The van der Waals surface area contributed by atoms with Crippen LogP contribution in [0.5, 0.6) is 5.75 Å². The summed E-state index contributed by atoms with van der Waals surface area (Å²) in [6.45, 7) is 4.38. The quantitative estimate of drug-likeness (QED) is 0.229. The number of nitrogens with one attached hydrogen (secondary N) is 3. The van der Waals surface area contributed by atoms with Crippen LogP contribution in [0.4, 0.5) is 28.8 Å². The van der Waals surface area contributed by atoms with E-state index in [2.05, 4.69) is 30.9 Å². The molecule has 0 fully saturated rings. The maximum atomic E-state index is 13.3. The number of aryl methyl sites for hydroxylation is 1. The summed E-state index contributed by atoms with van der Waals surface area (Å²) in [5.41, 5.74) is 3.11. The van der Waals surface area contributed by atoms with Crippen molar-refractivity contribution >= 4 is 45.5 Å². The SMILES string of the molecule is CCOc1ccc2ccccc2c1C(=O)Nc1ccc(Nc2cc(Nc3cc(C)ccn3)ncn2)cc1. The first-order valence-corrected chi connectivity index (χ1v) is 11.9. The van der Waals surface area contributed by atoms with Gasteiger partial charge in [0.15, 0.2) is 0 Å². The third kappa shape index (κ3) is 5.65. The fraction of sp³-hybridized carbons (Fsp3) is 0.103. The first-order valence-electron chi connectivity index (χ1n) is 11.9. The minimum absolute atomic E-state index is 0.225. The van der Waals surface area contributed by atoms with Crippen LogP contribution in [-0.4, -0.2) is 27.5 Å². The van der Waals surface area contributed by atoms with Crippen molar-refractivity contribution in [2.75, 3.05) is 22.6 Å².